The summed E-state index contributed by atoms with van der Waals surface area (Å²) in [5, 5.41) is 0.162. The van der Waals surface area contributed by atoms with Crippen LogP contribution in [0.1, 0.15) is 16.3 Å². The van der Waals surface area contributed by atoms with Crippen molar-refractivity contribution in [3.8, 4) is 0 Å². The predicted molar refractivity (Wildman–Crippen MR) is 96.3 cm³/mol. The van der Waals surface area contributed by atoms with Gasteiger partial charge in [-0.3, -0.25) is 18.7 Å². The molecule has 0 aliphatic rings. The van der Waals surface area contributed by atoms with Crippen molar-refractivity contribution in [3.05, 3.63) is 56.9 Å². The lowest BCUT2D eigenvalue weighted by molar-refractivity contribution is -0.141. The molecule has 0 aromatic carbocycles. The van der Waals surface area contributed by atoms with Crippen LogP contribution in [-0.2, 0) is 27.2 Å². The number of imidazole rings is 1. The van der Waals surface area contributed by atoms with Gasteiger partial charge in [0.1, 0.15) is 23.7 Å². The molecule has 0 aliphatic carbocycles. The fraction of sp³-hybridized carbons (Fsp3) is 0.353. The minimum Gasteiger partial charge on any atom is -0.333 e. The Balaban J connectivity index is 1.91. The number of fused-ring (bicyclic) bond motifs is 1. The number of halogens is 3. The average molecular weight is 410 g/mol. The Labute approximate surface area is 161 Å². The maximum atomic E-state index is 12.7. The summed E-state index contributed by atoms with van der Waals surface area (Å²) in [6, 6.07) is 2.71. The monoisotopic (exact) mass is 410 g/mol. The molecular weight excluding hydrogens is 393 g/mol. The third-order valence-corrected chi connectivity index (χ3v) is 4.40. The standard InChI is InChI=1S/C17H17F3N6O3/c1-23(8-12-21-6-7-26(12)9-17(18,19)20)15(28)11-5-4-10-13(22-11)24(2)16(29)25(3)14(10)27/h4-7H,8-9H2,1-3H3. The maximum Gasteiger partial charge on any atom is 0.406 e. The molecule has 3 aromatic heterocycles. The number of pyridine rings is 1. The second-order valence-corrected chi connectivity index (χ2v) is 6.52. The Kier molecular flexibility index (Phi) is 5.03. The number of nitrogens with zero attached hydrogens (tertiary/aromatic N) is 6. The largest absolute Gasteiger partial charge is 0.406 e. The highest BCUT2D eigenvalue weighted by atomic mass is 19.4. The van der Waals surface area contributed by atoms with E-state index in [0.29, 0.717) is 0 Å². The summed E-state index contributed by atoms with van der Waals surface area (Å²) in [4.78, 5) is 46.1. The number of carbonyl (C=O) groups is 1. The lowest BCUT2D eigenvalue weighted by atomic mass is 10.2. The highest BCUT2D eigenvalue weighted by Gasteiger charge is 2.29. The molecule has 0 fully saturated rings. The summed E-state index contributed by atoms with van der Waals surface area (Å²) in [6.45, 7) is -1.40. The number of carbonyl (C=O) groups excluding carboxylic acids is 1. The van der Waals surface area contributed by atoms with E-state index in [-0.39, 0.29) is 29.1 Å². The van der Waals surface area contributed by atoms with E-state index < -0.39 is 29.9 Å². The van der Waals surface area contributed by atoms with Crippen molar-refractivity contribution in [3.63, 3.8) is 0 Å². The number of aryl methyl sites for hydroxylation is 1. The number of rotatable bonds is 4. The van der Waals surface area contributed by atoms with E-state index >= 15 is 0 Å². The van der Waals surface area contributed by atoms with E-state index in [2.05, 4.69) is 9.97 Å². The van der Waals surface area contributed by atoms with Crippen LogP contribution in [0.5, 0.6) is 0 Å². The van der Waals surface area contributed by atoms with Gasteiger partial charge in [0.2, 0.25) is 0 Å². The third-order valence-electron chi connectivity index (χ3n) is 4.40. The van der Waals surface area contributed by atoms with Crippen LogP contribution in [-0.4, -0.2) is 47.7 Å². The van der Waals surface area contributed by atoms with Crippen molar-refractivity contribution in [2.24, 2.45) is 14.1 Å². The number of amides is 1. The van der Waals surface area contributed by atoms with E-state index in [0.717, 1.165) is 18.6 Å². The van der Waals surface area contributed by atoms with Crippen molar-refractivity contribution in [1.82, 2.24) is 28.6 Å². The van der Waals surface area contributed by atoms with Crippen LogP contribution in [0.3, 0.4) is 0 Å². The predicted octanol–water partition coefficient (Wildman–Crippen LogP) is 0.663. The van der Waals surface area contributed by atoms with Gasteiger partial charge in [-0.1, -0.05) is 0 Å². The quantitative estimate of drug-likeness (QED) is 0.630. The first-order chi connectivity index (χ1) is 13.5. The Bertz CT molecular complexity index is 1210. The molecule has 12 heteroatoms. The van der Waals surface area contributed by atoms with Crippen LogP contribution in [0.25, 0.3) is 11.0 Å². The molecule has 9 nitrogen and oxygen atoms in total. The molecule has 0 atom stereocenters. The van der Waals surface area contributed by atoms with Crippen molar-refractivity contribution < 1.29 is 18.0 Å². The van der Waals surface area contributed by atoms with Gasteiger partial charge in [0.25, 0.3) is 11.5 Å². The van der Waals surface area contributed by atoms with Crippen molar-refractivity contribution in [1.29, 1.82) is 0 Å². The van der Waals surface area contributed by atoms with Gasteiger partial charge in [-0.2, -0.15) is 13.2 Å². The van der Waals surface area contributed by atoms with Gasteiger partial charge in [0.05, 0.1) is 11.9 Å². The van der Waals surface area contributed by atoms with Gasteiger partial charge < -0.3 is 9.47 Å². The Morgan fingerprint density at radius 2 is 1.86 bits per heavy atom. The van der Waals surface area contributed by atoms with E-state index in [4.69, 9.17) is 0 Å². The molecule has 0 saturated carbocycles. The van der Waals surface area contributed by atoms with Crippen LogP contribution >= 0.6 is 0 Å². The van der Waals surface area contributed by atoms with E-state index in [1.165, 1.54) is 45.7 Å². The lowest BCUT2D eigenvalue weighted by Crippen LogP contribution is -2.37. The topological polar surface area (TPSA) is 95.0 Å². The second-order valence-electron chi connectivity index (χ2n) is 6.52. The van der Waals surface area contributed by atoms with E-state index in [1.54, 1.807) is 0 Å². The molecule has 0 saturated heterocycles. The zero-order valence-electron chi connectivity index (χ0n) is 15.8. The molecule has 0 spiro atoms. The molecule has 0 unspecified atom stereocenters. The SMILES string of the molecule is CN(Cc1nccn1CC(F)(F)F)C(=O)c1ccc2c(=O)n(C)c(=O)n(C)c2n1. The first-order valence-electron chi connectivity index (χ1n) is 8.38. The molecule has 0 bridgehead atoms. The van der Waals surface area contributed by atoms with Crippen molar-refractivity contribution >= 4 is 16.9 Å². The molecule has 3 rings (SSSR count). The zero-order chi connectivity index (χ0) is 21.5. The smallest absolute Gasteiger partial charge is 0.333 e. The summed E-state index contributed by atoms with van der Waals surface area (Å²) in [7, 11) is 4.15. The van der Waals surface area contributed by atoms with Crippen LogP contribution in [0.15, 0.2) is 34.1 Å². The van der Waals surface area contributed by atoms with Crippen molar-refractivity contribution in [2.45, 2.75) is 19.3 Å². The lowest BCUT2D eigenvalue weighted by Gasteiger charge is -2.18. The summed E-state index contributed by atoms with van der Waals surface area (Å²) in [5.41, 5.74) is -1.16. The average Bonchev–Trinajstić information content (AvgIpc) is 3.08. The summed E-state index contributed by atoms with van der Waals surface area (Å²) < 4.78 is 40.9. The van der Waals surface area contributed by atoms with Gasteiger partial charge >= 0.3 is 11.9 Å². The highest BCUT2D eigenvalue weighted by molar-refractivity contribution is 5.94. The molecular formula is C17H17F3N6O3. The summed E-state index contributed by atoms with van der Waals surface area (Å²) in [6.07, 6.45) is -2.02. The summed E-state index contributed by atoms with van der Waals surface area (Å²) >= 11 is 0. The van der Waals surface area contributed by atoms with Crippen LogP contribution in [0, 0.1) is 0 Å². The maximum absolute atomic E-state index is 12.7. The number of hydrogen-bond acceptors (Lipinski definition) is 5. The Morgan fingerprint density at radius 3 is 2.52 bits per heavy atom. The van der Waals surface area contributed by atoms with Gasteiger partial charge in [0, 0.05) is 33.5 Å². The minimum atomic E-state index is -4.42. The summed E-state index contributed by atoms with van der Waals surface area (Å²) in [5.74, 6) is -0.540. The van der Waals surface area contributed by atoms with E-state index in [9.17, 15) is 27.6 Å². The molecule has 3 heterocycles. The number of alkyl halides is 3. The number of hydrogen-bond donors (Lipinski definition) is 0. The van der Waals surface area contributed by atoms with Gasteiger partial charge in [0.15, 0.2) is 0 Å². The van der Waals surface area contributed by atoms with Crippen LogP contribution < -0.4 is 11.2 Å². The number of aromatic nitrogens is 5. The van der Waals surface area contributed by atoms with Gasteiger partial charge in [-0.25, -0.2) is 14.8 Å². The van der Waals surface area contributed by atoms with E-state index in [1.807, 2.05) is 0 Å². The fourth-order valence-corrected chi connectivity index (χ4v) is 2.88. The molecule has 0 N–H and O–H groups in total. The first-order valence-corrected chi connectivity index (χ1v) is 8.38. The zero-order valence-corrected chi connectivity index (χ0v) is 15.8. The van der Waals surface area contributed by atoms with Crippen LogP contribution in [0.2, 0.25) is 0 Å². The normalized spacial score (nSPS) is 11.8. The van der Waals surface area contributed by atoms with Crippen molar-refractivity contribution in [2.75, 3.05) is 7.05 Å². The fourth-order valence-electron chi connectivity index (χ4n) is 2.88. The molecule has 0 radical (unpaired) electrons. The molecule has 29 heavy (non-hydrogen) atoms. The van der Waals surface area contributed by atoms with Gasteiger partial charge in [-0.05, 0) is 12.1 Å². The van der Waals surface area contributed by atoms with Crippen LogP contribution in [0.4, 0.5) is 13.2 Å². The molecule has 0 aliphatic heterocycles. The van der Waals surface area contributed by atoms with Gasteiger partial charge in [-0.15, -0.1) is 0 Å². The molecule has 1 amide bonds. The second kappa shape index (κ2) is 7.18. The Hall–Kier alpha value is -3.44. The third kappa shape index (κ3) is 3.91. The molecule has 154 valence electrons. The highest BCUT2D eigenvalue weighted by Crippen LogP contribution is 2.19. The first kappa shape index (κ1) is 20.3. The Morgan fingerprint density at radius 1 is 1.17 bits per heavy atom. The minimum absolute atomic E-state index is 0.0379. The molecule has 3 aromatic rings.